The summed E-state index contributed by atoms with van der Waals surface area (Å²) in [6, 6.07) is -7.23. The van der Waals surface area contributed by atoms with Gasteiger partial charge in [0.15, 0.2) is 19.8 Å². The summed E-state index contributed by atoms with van der Waals surface area (Å²) in [5, 5.41) is 0. The van der Waals surface area contributed by atoms with Gasteiger partial charge in [0, 0.05) is 0 Å². The number of ether oxygens (including phenoxy) is 3. The van der Waals surface area contributed by atoms with Crippen molar-refractivity contribution in [3.63, 3.8) is 0 Å². The molecule has 1 heterocycles. The zero-order chi connectivity index (χ0) is 38.3. The lowest BCUT2D eigenvalue weighted by Crippen LogP contribution is -2.59. The van der Waals surface area contributed by atoms with Gasteiger partial charge < -0.3 is 14.2 Å². The highest BCUT2D eigenvalue weighted by atomic mass is 19.4. The molecule has 0 aliphatic carbocycles. The molecule has 0 saturated heterocycles. The zero-order valence-corrected chi connectivity index (χ0v) is 21.5. The van der Waals surface area contributed by atoms with Gasteiger partial charge in [-0.2, -0.15) is 79.0 Å². The summed E-state index contributed by atoms with van der Waals surface area (Å²) in [4.78, 5) is 6.97. The molecular weight excluding hydrogens is 762 g/mol. The van der Waals surface area contributed by atoms with Gasteiger partial charge in [-0.3, -0.25) is 0 Å². The van der Waals surface area contributed by atoms with Gasteiger partial charge in [-0.05, 0) is 0 Å². The summed E-state index contributed by atoms with van der Waals surface area (Å²) in [7, 11) is 0. The van der Waals surface area contributed by atoms with E-state index in [0.29, 0.717) is 0 Å². The fourth-order valence-corrected chi connectivity index (χ4v) is 2.39. The van der Waals surface area contributed by atoms with Gasteiger partial charge in [-0.1, -0.05) is 0 Å². The standard InChI is InChI=1S/C18H9F24N3O3/c19-4(20)13(31,32)16(37,38)10(25,26)1-46-7-43-8(47-2-11(27,28)17(39,40)14(33,34)5(21)22)45-9(44-7)48-3-12(29,30)18(41,42)15(35,36)6(23)24/h4-6H,1-3H2. The molecule has 0 aliphatic heterocycles. The van der Waals surface area contributed by atoms with E-state index >= 15 is 0 Å². The Morgan fingerprint density at radius 1 is 0.354 bits per heavy atom. The summed E-state index contributed by atoms with van der Waals surface area (Å²) in [5.74, 6) is -61.4. The summed E-state index contributed by atoms with van der Waals surface area (Å²) in [6.07, 6.45) is -16.6. The molecule has 0 amide bonds. The highest BCUT2D eigenvalue weighted by molar-refractivity contribution is 5.11. The van der Waals surface area contributed by atoms with Crippen LogP contribution in [0.2, 0.25) is 0 Å². The van der Waals surface area contributed by atoms with Crippen LogP contribution in [0.4, 0.5) is 105 Å². The van der Waals surface area contributed by atoms with Gasteiger partial charge >= 0.3 is 90.6 Å². The molecular formula is C18H9F24N3O3. The summed E-state index contributed by atoms with van der Waals surface area (Å²) < 4.78 is 325. The second-order valence-corrected chi connectivity index (χ2v) is 8.66. The first-order chi connectivity index (χ1) is 21.1. The van der Waals surface area contributed by atoms with Crippen molar-refractivity contribution in [1.29, 1.82) is 0 Å². The lowest BCUT2D eigenvalue weighted by Gasteiger charge is -2.32. The van der Waals surface area contributed by atoms with E-state index in [1.54, 1.807) is 0 Å². The molecule has 0 spiro atoms. The molecule has 1 aromatic rings. The Balaban J connectivity index is 3.55. The predicted octanol–water partition coefficient (Wildman–Crippen LogP) is 7.52. The van der Waals surface area contributed by atoms with Gasteiger partial charge in [0.05, 0.1) is 0 Å². The second kappa shape index (κ2) is 13.2. The molecule has 1 rings (SSSR count). The molecule has 6 nitrogen and oxygen atoms in total. The van der Waals surface area contributed by atoms with E-state index in [1.165, 1.54) is 0 Å². The monoisotopic (exact) mass is 771 g/mol. The smallest absolute Gasteiger partial charge is 0.381 e. The van der Waals surface area contributed by atoms with Crippen LogP contribution in [-0.2, 0) is 0 Å². The van der Waals surface area contributed by atoms with Crippen LogP contribution in [0.15, 0.2) is 0 Å². The van der Waals surface area contributed by atoms with Crippen molar-refractivity contribution >= 4 is 0 Å². The van der Waals surface area contributed by atoms with Crippen molar-refractivity contribution in [1.82, 2.24) is 15.0 Å². The third-order valence-electron chi connectivity index (χ3n) is 5.18. The first-order valence-corrected chi connectivity index (χ1v) is 11.0. The predicted molar refractivity (Wildman–Crippen MR) is 98.8 cm³/mol. The van der Waals surface area contributed by atoms with Gasteiger partial charge in [0.1, 0.15) is 0 Å². The minimum Gasteiger partial charge on any atom is -0.457 e. The summed E-state index contributed by atoms with van der Waals surface area (Å²) in [5.41, 5.74) is 0. The van der Waals surface area contributed by atoms with Crippen LogP contribution >= 0.6 is 0 Å². The third-order valence-corrected chi connectivity index (χ3v) is 5.18. The van der Waals surface area contributed by atoms with E-state index in [-0.39, 0.29) is 0 Å². The molecule has 0 unspecified atom stereocenters. The maximum absolute atomic E-state index is 13.7. The molecule has 30 heteroatoms. The normalized spacial score (nSPS) is 15.1. The number of aromatic nitrogens is 3. The average Bonchev–Trinajstić information content (AvgIpc) is 2.93. The Morgan fingerprint density at radius 2 is 0.521 bits per heavy atom. The van der Waals surface area contributed by atoms with Gasteiger partial charge in [0.25, 0.3) is 0 Å². The van der Waals surface area contributed by atoms with Gasteiger partial charge in [0.2, 0.25) is 0 Å². The number of rotatable bonds is 18. The van der Waals surface area contributed by atoms with E-state index in [4.69, 9.17) is 0 Å². The lowest BCUT2D eigenvalue weighted by molar-refractivity contribution is -0.343. The van der Waals surface area contributed by atoms with Crippen LogP contribution in [0.3, 0.4) is 0 Å². The van der Waals surface area contributed by atoms with Crippen molar-refractivity contribution in [3.05, 3.63) is 0 Å². The largest absolute Gasteiger partial charge is 0.457 e. The number of hydrogen-bond donors (Lipinski definition) is 0. The molecule has 48 heavy (non-hydrogen) atoms. The second-order valence-electron chi connectivity index (χ2n) is 8.66. The van der Waals surface area contributed by atoms with Crippen LogP contribution in [0.1, 0.15) is 0 Å². The Hall–Kier alpha value is -3.27. The van der Waals surface area contributed by atoms with Crippen LogP contribution < -0.4 is 14.2 Å². The maximum Gasteiger partial charge on any atom is 0.381 e. The molecule has 0 fully saturated rings. The van der Waals surface area contributed by atoms with Crippen LogP contribution in [0, 0.1) is 0 Å². The Morgan fingerprint density at radius 3 is 0.667 bits per heavy atom. The van der Waals surface area contributed by atoms with E-state index in [1.807, 2.05) is 0 Å². The van der Waals surface area contributed by atoms with E-state index in [2.05, 4.69) is 29.2 Å². The zero-order valence-electron chi connectivity index (χ0n) is 21.5. The van der Waals surface area contributed by atoms with Crippen molar-refractivity contribution < 1.29 is 120 Å². The first-order valence-electron chi connectivity index (χ1n) is 11.0. The molecule has 282 valence electrons. The summed E-state index contributed by atoms with van der Waals surface area (Å²) >= 11 is 0. The van der Waals surface area contributed by atoms with Crippen LogP contribution in [0.5, 0.6) is 18.0 Å². The number of halogens is 24. The van der Waals surface area contributed by atoms with E-state index in [9.17, 15) is 105 Å². The van der Waals surface area contributed by atoms with Crippen molar-refractivity contribution in [2.45, 2.75) is 72.6 Å². The number of hydrogen-bond acceptors (Lipinski definition) is 6. The molecule has 0 N–H and O–H groups in total. The molecule has 0 aliphatic rings. The van der Waals surface area contributed by atoms with Crippen LogP contribution in [0.25, 0.3) is 0 Å². The maximum atomic E-state index is 13.7. The molecule has 0 saturated carbocycles. The van der Waals surface area contributed by atoms with Crippen molar-refractivity contribution in [3.8, 4) is 18.0 Å². The molecule has 0 atom stereocenters. The Bertz CT molecular complexity index is 1080. The number of alkyl halides is 24. The van der Waals surface area contributed by atoms with Gasteiger partial charge in [-0.25, -0.2) is 26.3 Å². The third kappa shape index (κ3) is 7.63. The van der Waals surface area contributed by atoms with Crippen LogP contribution in [-0.4, -0.2) is 107 Å². The summed E-state index contributed by atoms with van der Waals surface area (Å²) in [6.45, 7) is -10.1. The first kappa shape index (κ1) is 42.8. The quantitative estimate of drug-likeness (QED) is 0.144. The molecule has 0 bridgehead atoms. The lowest BCUT2D eigenvalue weighted by atomic mass is 10.1. The van der Waals surface area contributed by atoms with Crippen molar-refractivity contribution in [2.24, 2.45) is 0 Å². The highest BCUT2D eigenvalue weighted by Crippen LogP contribution is 2.51. The topological polar surface area (TPSA) is 66.4 Å². The Labute approximate surface area is 246 Å². The SMILES string of the molecule is FC(F)C(F)(F)C(F)(F)C(F)(F)COc1nc(OCC(F)(F)C(F)(F)C(F)(F)C(F)F)nc(OCC(F)(F)C(F)(F)C(F)(F)C(F)F)n1. The van der Waals surface area contributed by atoms with E-state index < -0.39 is 110 Å². The van der Waals surface area contributed by atoms with Crippen molar-refractivity contribution in [2.75, 3.05) is 19.8 Å². The fourth-order valence-electron chi connectivity index (χ4n) is 2.39. The molecule has 0 radical (unpaired) electrons. The van der Waals surface area contributed by atoms with Gasteiger partial charge in [-0.15, -0.1) is 15.0 Å². The fraction of sp³-hybridized carbons (Fsp3) is 0.833. The average molecular weight is 771 g/mol. The molecule has 1 aromatic heterocycles. The highest BCUT2D eigenvalue weighted by Gasteiger charge is 2.77. The molecule has 0 aromatic carbocycles. The van der Waals surface area contributed by atoms with E-state index in [0.717, 1.165) is 0 Å². The number of nitrogens with zero attached hydrogens (tertiary/aromatic N) is 3. The Kier molecular flexibility index (Phi) is 11.8. The minimum atomic E-state index is -7.09. The minimum absolute atomic E-state index is 2.32.